The maximum absolute atomic E-state index is 6.02. The Labute approximate surface area is 124 Å². The molecule has 0 aliphatic heterocycles. The van der Waals surface area contributed by atoms with E-state index in [0.29, 0.717) is 5.82 Å². The highest BCUT2D eigenvalue weighted by atomic mass is 35.5. The molecule has 20 heavy (non-hydrogen) atoms. The van der Waals surface area contributed by atoms with Gasteiger partial charge in [0, 0.05) is 24.2 Å². The monoisotopic (exact) mass is 290 g/mol. The van der Waals surface area contributed by atoms with E-state index in [0.717, 1.165) is 28.5 Å². The second kappa shape index (κ2) is 6.09. The highest BCUT2D eigenvalue weighted by Gasteiger charge is 2.16. The smallest absolute Gasteiger partial charge is 0.137 e. The van der Waals surface area contributed by atoms with E-state index in [4.69, 9.17) is 17.3 Å². The van der Waals surface area contributed by atoms with Crippen molar-refractivity contribution >= 4 is 23.2 Å². The number of hydrogen-bond donors (Lipinski definition) is 1. The molecule has 0 aliphatic carbocycles. The summed E-state index contributed by atoms with van der Waals surface area (Å²) in [5.74, 6) is 1.68. The average Bonchev–Trinajstić information content (AvgIpc) is 2.37. The number of halogens is 1. The topological polar surface area (TPSA) is 55.0 Å². The van der Waals surface area contributed by atoms with E-state index in [-0.39, 0.29) is 5.92 Å². The summed E-state index contributed by atoms with van der Waals surface area (Å²) in [5, 5.41) is 0.738. The molecule has 0 aliphatic rings. The first-order chi connectivity index (χ1) is 9.49. The van der Waals surface area contributed by atoms with Crippen molar-refractivity contribution in [1.82, 2.24) is 9.97 Å². The predicted octanol–water partition coefficient (Wildman–Crippen LogP) is 3.47. The van der Waals surface area contributed by atoms with Gasteiger partial charge < -0.3 is 10.6 Å². The van der Waals surface area contributed by atoms with Crippen molar-refractivity contribution in [2.75, 3.05) is 17.7 Å². The van der Waals surface area contributed by atoms with E-state index < -0.39 is 0 Å². The van der Waals surface area contributed by atoms with Gasteiger partial charge in [-0.15, -0.1) is 0 Å². The molecule has 0 bridgehead atoms. The van der Waals surface area contributed by atoms with Crippen LogP contribution >= 0.6 is 11.6 Å². The number of hydrogen-bond acceptors (Lipinski definition) is 4. The SMILES string of the molecule is CC(C)c1c(N)ncnc1N(C)Cc1cccc(Cl)c1. The zero-order valence-electron chi connectivity index (χ0n) is 12.0. The lowest BCUT2D eigenvalue weighted by molar-refractivity contribution is 0.812. The minimum atomic E-state index is 0.271. The number of benzene rings is 1. The van der Waals surface area contributed by atoms with Gasteiger partial charge in [0.15, 0.2) is 0 Å². The van der Waals surface area contributed by atoms with Crippen LogP contribution in [0.2, 0.25) is 5.02 Å². The largest absolute Gasteiger partial charge is 0.383 e. The van der Waals surface area contributed by atoms with Crippen molar-refractivity contribution < 1.29 is 0 Å². The lowest BCUT2D eigenvalue weighted by Gasteiger charge is -2.23. The molecule has 2 aromatic rings. The Kier molecular flexibility index (Phi) is 4.45. The number of anilines is 2. The molecule has 0 saturated carbocycles. The third-order valence-electron chi connectivity index (χ3n) is 3.14. The summed E-state index contributed by atoms with van der Waals surface area (Å²) < 4.78 is 0. The lowest BCUT2D eigenvalue weighted by Crippen LogP contribution is -2.21. The Bertz CT molecular complexity index is 598. The van der Waals surface area contributed by atoms with E-state index in [9.17, 15) is 0 Å². The summed E-state index contributed by atoms with van der Waals surface area (Å²) in [6.45, 7) is 4.90. The maximum Gasteiger partial charge on any atom is 0.137 e. The van der Waals surface area contributed by atoms with E-state index >= 15 is 0 Å². The Morgan fingerprint density at radius 2 is 2.05 bits per heavy atom. The molecule has 0 radical (unpaired) electrons. The molecule has 0 amide bonds. The Morgan fingerprint density at radius 1 is 1.30 bits per heavy atom. The summed E-state index contributed by atoms with van der Waals surface area (Å²) in [6.07, 6.45) is 1.50. The molecule has 2 rings (SSSR count). The van der Waals surface area contributed by atoms with E-state index in [1.807, 2.05) is 31.3 Å². The number of rotatable bonds is 4. The fourth-order valence-electron chi connectivity index (χ4n) is 2.24. The summed E-state index contributed by atoms with van der Waals surface area (Å²) >= 11 is 6.02. The molecule has 0 spiro atoms. The van der Waals surface area contributed by atoms with Crippen LogP contribution in [0.25, 0.3) is 0 Å². The second-order valence-corrected chi connectivity index (χ2v) is 5.57. The number of nitrogens with zero attached hydrogens (tertiary/aromatic N) is 3. The van der Waals surface area contributed by atoms with E-state index in [1.165, 1.54) is 6.33 Å². The van der Waals surface area contributed by atoms with Crippen LogP contribution < -0.4 is 10.6 Å². The molecule has 1 aromatic heterocycles. The predicted molar refractivity (Wildman–Crippen MR) is 84.1 cm³/mol. The van der Waals surface area contributed by atoms with Gasteiger partial charge in [-0.25, -0.2) is 9.97 Å². The van der Waals surface area contributed by atoms with E-state index in [1.54, 1.807) is 0 Å². The van der Waals surface area contributed by atoms with Gasteiger partial charge >= 0.3 is 0 Å². The van der Waals surface area contributed by atoms with Crippen LogP contribution in [0.1, 0.15) is 30.9 Å². The molecule has 0 fully saturated rings. The fraction of sp³-hybridized carbons (Fsp3) is 0.333. The summed E-state index contributed by atoms with van der Waals surface area (Å²) in [4.78, 5) is 10.5. The van der Waals surface area contributed by atoms with Crippen LogP contribution in [0.15, 0.2) is 30.6 Å². The van der Waals surface area contributed by atoms with Gasteiger partial charge in [0.2, 0.25) is 0 Å². The third kappa shape index (κ3) is 3.20. The zero-order chi connectivity index (χ0) is 14.7. The zero-order valence-corrected chi connectivity index (χ0v) is 12.7. The van der Waals surface area contributed by atoms with Crippen molar-refractivity contribution in [2.45, 2.75) is 26.3 Å². The van der Waals surface area contributed by atoms with Gasteiger partial charge in [-0.1, -0.05) is 37.6 Å². The fourth-order valence-corrected chi connectivity index (χ4v) is 2.45. The molecule has 0 saturated heterocycles. The summed E-state index contributed by atoms with van der Waals surface area (Å²) in [5.41, 5.74) is 8.09. The average molecular weight is 291 g/mol. The maximum atomic E-state index is 6.02. The molecule has 4 nitrogen and oxygen atoms in total. The Hall–Kier alpha value is -1.81. The second-order valence-electron chi connectivity index (χ2n) is 5.14. The minimum absolute atomic E-state index is 0.271. The lowest BCUT2D eigenvalue weighted by atomic mass is 10.0. The van der Waals surface area contributed by atoms with Crippen molar-refractivity contribution in [3.63, 3.8) is 0 Å². The highest BCUT2D eigenvalue weighted by molar-refractivity contribution is 6.30. The third-order valence-corrected chi connectivity index (χ3v) is 3.38. The Balaban J connectivity index is 2.30. The van der Waals surface area contributed by atoms with Gasteiger partial charge in [0.1, 0.15) is 18.0 Å². The molecule has 2 N–H and O–H groups in total. The van der Waals surface area contributed by atoms with E-state index in [2.05, 4.69) is 28.7 Å². The van der Waals surface area contributed by atoms with Crippen molar-refractivity contribution in [2.24, 2.45) is 0 Å². The molecular weight excluding hydrogens is 272 g/mol. The standard InChI is InChI=1S/C15H19ClN4/c1-10(2)13-14(17)18-9-19-15(13)20(3)8-11-5-4-6-12(16)7-11/h4-7,9-10H,8H2,1-3H3,(H2,17,18,19). The van der Waals surface area contributed by atoms with Gasteiger partial charge in [-0.2, -0.15) is 0 Å². The normalized spacial score (nSPS) is 10.8. The first-order valence-corrected chi connectivity index (χ1v) is 6.92. The number of aromatic nitrogens is 2. The van der Waals surface area contributed by atoms with Gasteiger partial charge in [-0.05, 0) is 23.6 Å². The number of nitrogen functional groups attached to an aromatic ring is 1. The molecule has 1 aromatic carbocycles. The minimum Gasteiger partial charge on any atom is -0.383 e. The van der Waals surface area contributed by atoms with Crippen LogP contribution in [-0.4, -0.2) is 17.0 Å². The molecule has 0 atom stereocenters. The van der Waals surface area contributed by atoms with Crippen LogP contribution in [0, 0.1) is 0 Å². The summed E-state index contributed by atoms with van der Waals surface area (Å²) in [6, 6.07) is 7.82. The molecule has 5 heteroatoms. The molecule has 106 valence electrons. The van der Waals surface area contributed by atoms with Gasteiger partial charge in [-0.3, -0.25) is 0 Å². The van der Waals surface area contributed by atoms with Crippen LogP contribution in [0.4, 0.5) is 11.6 Å². The quantitative estimate of drug-likeness (QED) is 0.937. The van der Waals surface area contributed by atoms with Crippen LogP contribution in [0.5, 0.6) is 0 Å². The van der Waals surface area contributed by atoms with Gasteiger partial charge in [0.25, 0.3) is 0 Å². The van der Waals surface area contributed by atoms with Crippen LogP contribution in [0.3, 0.4) is 0 Å². The Morgan fingerprint density at radius 3 is 2.70 bits per heavy atom. The first kappa shape index (κ1) is 14.6. The number of nitrogens with two attached hydrogens (primary N) is 1. The van der Waals surface area contributed by atoms with Crippen molar-refractivity contribution in [3.05, 3.63) is 46.7 Å². The first-order valence-electron chi connectivity index (χ1n) is 6.55. The van der Waals surface area contributed by atoms with Crippen LogP contribution in [-0.2, 0) is 6.54 Å². The van der Waals surface area contributed by atoms with Crippen molar-refractivity contribution in [1.29, 1.82) is 0 Å². The molecular formula is C15H19ClN4. The van der Waals surface area contributed by atoms with Gasteiger partial charge in [0.05, 0.1) is 0 Å². The molecule has 1 heterocycles. The molecule has 0 unspecified atom stereocenters. The highest BCUT2D eigenvalue weighted by Crippen LogP contribution is 2.29. The van der Waals surface area contributed by atoms with Crippen molar-refractivity contribution in [3.8, 4) is 0 Å². The summed E-state index contributed by atoms with van der Waals surface area (Å²) in [7, 11) is 1.99.